The first-order valence-electron chi connectivity index (χ1n) is 10.8. The average Bonchev–Trinajstić information content (AvgIpc) is 3.45. The average molecular weight is 454 g/mol. The van der Waals surface area contributed by atoms with E-state index in [1.807, 2.05) is 0 Å². The van der Waals surface area contributed by atoms with E-state index in [2.05, 4.69) is 20.4 Å². The number of fused-ring (bicyclic) bond motifs is 2. The van der Waals surface area contributed by atoms with Crippen LogP contribution < -0.4 is 10.9 Å². The van der Waals surface area contributed by atoms with E-state index in [1.54, 1.807) is 6.92 Å². The van der Waals surface area contributed by atoms with Crippen molar-refractivity contribution < 1.29 is 19.0 Å². The molecule has 0 unspecified atom stereocenters. The van der Waals surface area contributed by atoms with Gasteiger partial charge in [0.15, 0.2) is 5.69 Å². The SMILES string of the molecule is Cc1ncnn1-c1cc(F)ccc1CNC(=O)c1nc2n(c(=O)c1O)CCOC21CCCC1. The molecule has 0 bridgehead atoms. The van der Waals surface area contributed by atoms with Crippen molar-refractivity contribution in [3.8, 4) is 11.4 Å². The predicted molar refractivity (Wildman–Crippen MR) is 113 cm³/mol. The number of carbonyl (C=O) groups is 1. The summed E-state index contributed by atoms with van der Waals surface area (Å²) in [4.78, 5) is 34.3. The molecule has 1 amide bonds. The van der Waals surface area contributed by atoms with Gasteiger partial charge in [-0.25, -0.2) is 19.0 Å². The highest BCUT2D eigenvalue weighted by Crippen LogP contribution is 2.43. The standard InChI is InChI=1S/C22H23FN6O4/c1-13-25-12-26-29(13)16-10-15(23)5-4-14(16)11-24-19(31)17-18(30)20(32)28-8-9-33-22(21(28)27-17)6-2-3-7-22/h4-5,10,12,30H,2-3,6-9,11H2,1H3,(H,24,31). The minimum absolute atomic E-state index is 0.00503. The Morgan fingerprint density at radius 3 is 2.85 bits per heavy atom. The maximum atomic E-state index is 13.9. The maximum absolute atomic E-state index is 13.9. The summed E-state index contributed by atoms with van der Waals surface area (Å²) >= 11 is 0. The third-order valence-corrected chi connectivity index (χ3v) is 6.31. The molecule has 10 nitrogen and oxygen atoms in total. The second kappa shape index (κ2) is 8.07. The molecule has 0 radical (unpaired) electrons. The molecule has 0 saturated heterocycles. The quantitative estimate of drug-likeness (QED) is 0.615. The van der Waals surface area contributed by atoms with Gasteiger partial charge in [-0.1, -0.05) is 6.07 Å². The van der Waals surface area contributed by atoms with Crippen LogP contribution in [0, 0.1) is 12.7 Å². The van der Waals surface area contributed by atoms with Crippen molar-refractivity contribution in [1.29, 1.82) is 0 Å². The maximum Gasteiger partial charge on any atom is 0.296 e. The van der Waals surface area contributed by atoms with Crippen molar-refractivity contribution in [2.24, 2.45) is 0 Å². The van der Waals surface area contributed by atoms with E-state index < -0.39 is 28.6 Å². The fourth-order valence-electron chi connectivity index (χ4n) is 4.65. The van der Waals surface area contributed by atoms with Gasteiger partial charge in [0, 0.05) is 6.54 Å². The number of halogens is 1. The first-order valence-corrected chi connectivity index (χ1v) is 10.8. The summed E-state index contributed by atoms with van der Waals surface area (Å²) < 4.78 is 22.8. The molecule has 2 aliphatic rings. The number of hydrogen-bond acceptors (Lipinski definition) is 7. The van der Waals surface area contributed by atoms with Crippen molar-refractivity contribution in [1.82, 2.24) is 29.6 Å². The molecule has 2 N–H and O–H groups in total. The Morgan fingerprint density at radius 2 is 2.12 bits per heavy atom. The van der Waals surface area contributed by atoms with Crippen LogP contribution in [0.4, 0.5) is 4.39 Å². The number of aryl methyl sites for hydroxylation is 1. The van der Waals surface area contributed by atoms with Crippen molar-refractivity contribution >= 4 is 5.91 Å². The molecule has 3 heterocycles. The number of nitrogens with one attached hydrogen (secondary N) is 1. The van der Waals surface area contributed by atoms with Crippen LogP contribution in [0.5, 0.6) is 5.75 Å². The highest BCUT2D eigenvalue weighted by Gasteiger charge is 2.44. The van der Waals surface area contributed by atoms with Gasteiger partial charge in [0.25, 0.3) is 11.5 Å². The summed E-state index contributed by atoms with van der Waals surface area (Å²) in [6, 6.07) is 4.10. The number of aromatic nitrogens is 5. The summed E-state index contributed by atoms with van der Waals surface area (Å²) in [5, 5.41) is 17.2. The zero-order valence-corrected chi connectivity index (χ0v) is 18.0. The number of nitrogens with zero attached hydrogens (tertiary/aromatic N) is 5. The lowest BCUT2D eigenvalue weighted by atomic mass is 9.99. The van der Waals surface area contributed by atoms with Crippen LogP contribution in [-0.2, 0) is 23.4 Å². The molecule has 1 aliphatic carbocycles. The summed E-state index contributed by atoms with van der Waals surface area (Å²) in [7, 11) is 0. The third-order valence-electron chi connectivity index (χ3n) is 6.31. The largest absolute Gasteiger partial charge is 0.501 e. The molecule has 1 aromatic carbocycles. The number of amides is 1. The number of carbonyl (C=O) groups excluding carboxylic acids is 1. The lowest BCUT2D eigenvalue weighted by Crippen LogP contribution is -2.44. The summed E-state index contributed by atoms with van der Waals surface area (Å²) in [5.41, 5.74) is -0.701. The fraction of sp³-hybridized carbons (Fsp3) is 0.409. The number of ether oxygens (including phenoxy) is 1. The number of aromatic hydroxyl groups is 1. The predicted octanol–water partition coefficient (Wildman–Crippen LogP) is 1.71. The molecule has 33 heavy (non-hydrogen) atoms. The smallest absolute Gasteiger partial charge is 0.296 e. The first kappa shape index (κ1) is 21.3. The van der Waals surface area contributed by atoms with Crippen molar-refractivity contribution in [3.63, 3.8) is 0 Å². The van der Waals surface area contributed by atoms with E-state index >= 15 is 0 Å². The van der Waals surface area contributed by atoms with Crippen LogP contribution >= 0.6 is 0 Å². The van der Waals surface area contributed by atoms with Gasteiger partial charge in [-0.3, -0.25) is 14.2 Å². The second-order valence-corrected chi connectivity index (χ2v) is 8.31. The zero-order chi connectivity index (χ0) is 23.2. The lowest BCUT2D eigenvalue weighted by Gasteiger charge is -2.35. The van der Waals surface area contributed by atoms with Gasteiger partial charge in [-0.05, 0) is 50.3 Å². The topological polar surface area (TPSA) is 124 Å². The Bertz CT molecular complexity index is 1290. The van der Waals surface area contributed by atoms with Crippen LogP contribution in [0.25, 0.3) is 5.69 Å². The van der Waals surface area contributed by atoms with Gasteiger partial charge in [-0.2, -0.15) is 5.10 Å². The summed E-state index contributed by atoms with van der Waals surface area (Å²) in [6.45, 7) is 2.35. The van der Waals surface area contributed by atoms with Crippen LogP contribution in [-0.4, -0.2) is 41.9 Å². The third kappa shape index (κ3) is 3.58. The lowest BCUT2D eigenvalue weighted by molar-refractivity contribution is -0.0789. The molecule has 0 atom stereocenters. The zero-order valence-electron chi connectivity index (χ0n) is 18.0. The molecule has 5 rings (SSSR count). The van der Waals surface area contributed by atoms with Crippen molar-refractivity contribution in [2.75, 3.05) is 6.61 Å². The molecular weight excluding hydrogens is 431 g/mol. The molecule has 1 spiro atoms. The van der Waals surface area contributed by atoms with Crippen LogP contribution in [0.1, 0.15) is 53.4 Å². The Morgan fingerprint density at radius 1 is 1.33 bits per heavy atom. The molecule has 2 aromatic heterocycles. The summed E-state index contributed by atoms with van der Waals surface area (Å²) in [6.07, 6.45) is 4.65. The van der Waals surface area contributed by atoms with E-state index in [0.717, 1.165) is 12.8 Å². The van der Waals surface area contributed by atoms with E-state index in [1.165, 1.54) is 33.8 Å². The molecule has 1 aliphatic heterocycles. The van der Waals surface area contributed by atoms with Gasteiger partial charge in [0.1, 0.15) is 29.4 Å². The van der Waals surface area contributed by atoms with E-state index in [0.29, 0.717) is 42.3 Å². The molecule has 172 valence electrons. The van der Waals surface area contributed by atoms with Crippen LogP contribution in [0.2, 0.25) is 0 Å². The molecule has 3 aromatic rings. The van der Waals surface area contributed by atoms with Gasteiger partial charge in [0.05, 0.1) is 18.8 Å². The normalized spacial score (nSPS) is 16.7. The Balaban J connectivity index is 1.46. The number of hydrogen-bond donors (Lipinski definition) is 2. The molecule has 11 heteroatoms. The Labute approximate surface area is 188 Å². The fourth-order valence-corrected chi connectivity index (χ4v) is 4.65. The van der Waals surface area contributed by atoms with Gasteiger partial charge in [-0.15, -0.1) is 0 Å². The van der Waals surface area contributed by atoms with Gasteiger partial charge in [0.2, 0.25) is 5.75 Å². The minimum Gasteiger partial charge on any atom is -0.501 e. The van der Waals surface area contributed by atoms with E-state index in [4.69, 9.17) is 4.74 Å². The van der Waals surface area contributed by atoms with Crippen molar-refractivity contribution in [2.45, 2.75) is 51.3 Å². The van der Waals surface area contributed by atoms with Gasteiger partial charge < -0.3 is 15.2 Å². The number of rotatable bonds is 4. The van der Waals surface area contributed by atoms with Crippen molar-refractivity contribution in [3.05, 3.63) is 63.6 Å². The summed E-state index contributed by atoms with van der Waals surface area (Å²) in [5.74, 6) is -0.925. The first-order chi connectivity index (χ1) is 15.9. The highest BCUT2D eigenvalue weighted by atomic mass is 19.1. The van der Waals surface area contributed by atoms with E-state index in [9.17, 15) is 19.1 Å². The molecule has 1 fully saturated rings. The Kier molecular flexibility index (Phi) is 5.20. The monoisotopic (exact) mass is 454 g/mol. The molecular formula is C22H23FN6O4. The van der Waals surface area contributed by atoms with Crippen LogP contribution in [0.3, 0.4) is 0 Å². The minimum atomic E-state index is -0.711. The van der Waals surface area contributed by atoms with E-state index in [-0.39, 0.29) is 18.8 Å². The van der Waals surface area contributed by atoms with Crippen LogP contribution in [0.15, 0.2) is 29.3 Å². The Hall–Kier alpha value is -3.60. The van der Waals surface area contributed by atoms with Gasteiger partial charge >= 0.3 is 0 Å². The highest BCUT2D eigenvalue weighted by molar-refractivity contribution is 5.94. The number of benzene rings is 1. The molecule has 1 saturated carbocycles. The second-order valence-electron chi connectivity index (χ2n) is 8.31.